The van der Waals surface area contributed by atoms with Gasteiger partial charge in [0.15, 0.2) is 0 Å². The molecule has 0 amide bonds. The second-order valence-corrected chi connectivity index (χ2v) is 8.73. The number of nitrogens with one attached hydrogen (secondary N) is 1. The number of ether oxygens (including phenoxy) is 1. The molecule has 0 aliphatic heterocycles. The van der Waals surface area contributed by atoms with Crippen LogP contribution < -0.4 is 15.6 Å². The number of benzene rings is 2. The maximum atomic E-state index is 11.9. The molecule has 11 heteroatoms. The molecular weight excluding hydrogens is 394 g/mol. The molecule has 0 radical (unpaired) electrons. The fourth-order valence-corrected chi connectivity index (χ4v) is 3.38. The van der Waals surface area contributed by atoms with Gasteiger partial charge in [0, 0.05) is 12.2 Å². The zero-order chi connectivity index (χ0) is 20.2. The number of hydrogen-bond donors (Lipinski definition) is 3. The van der Waals surface area contributed by atoms with Gasteiger partial charge in [-0.25, -0.2) is 31.9 Å². The Labute approximate surface area is 157 Å². The lowest BCUT2D eigenvalue weighted by molar-refractivity contribution is 0.0601. The van der Waals surface area contributed by atoms with Gasteiger partial charge < -0.3 is 10.1 Å². The van der Waals surface area contributed by atoms with E-state index in [2.05, 4.69) is 10.1 Å². The van der Waals surface area contributed by atoms with E-state index in [1.54, 1.807) is 12.1 Å². The third-order valence-corrected chi connectivity index (χ3v) is 5.55. The molecule has 0 bridgehead atoms. The second-order valence-electron chi connectivity index (χ2n) is 5.61. The molecule has 0 spiro atoms. The lowest BCUT2D eigenvalue weighted by Gasteiger charge is -2.12. The molecule has 0 saturated heterocycles. The number of rotatable bonds is 7. The van der Waals surface area contributed by atoms with Crippen molar-refractivity contribution in [2.45, 2.75) is 16.2 Å². The maximum absolute atomic E-state index is 11.9. The van der Waals surface area contributed by atoms with Crippen LogP contribution in [0.25, 0.3) is 0 Å². The van der Waals surface area contributed by atoms with E-state index in [0.29, 0.717) is 18.7 Å². The zero-order valence-corrected chi connectivity index (χ0v) is 16.0. The lowest BCUT2D eigenvalue weighted by Crippen LogP contribution is -2.15. The zero-order valence-electron chi connectivity index (χ0n) is 14.4. The summed E-state index contributed by atoms with van der Waals surface area (Å²) in [6.07, 6.45) is 0.516. The highest BCUT2D eigenvalue weighted by molar-refractivity contribution is 7.89. The minimum Gasteiger partial charge on any atom is -0.465 e. The van der Waals surface area contributed by atoms with Crippen LogP contribution in [0.5, 0.6) is 0 Å². The van der Waals surface area contributed by atoms with Crippen molar-refractivity contribution < 1.29 is 26.4 Å². The molecule has 0 aliphatic carbocycles. The molecule has 2 rings (SSSR count). The highest BCUT2D eigenvalue weighted by Gasteiger charge is 2.17. The minimum atomic E-state index is -3.96. The molecule has 2 aromatic rings. The van der Waals surface area contributed by atoms with Gasteiger partial charge in [-0.05, 0) is 42.3 Å². The number of carbonyl (C=O) groups excluding carboxylic acids is 1. The molecule has 0 aliphatic rings. The molecule has 0 saturated carbocycles. The van der Waals surface area contributed by atoms with E-state index in [-0.39, 0.29) is 15.4 Å². The standard InChI is InChI=1S/C16H19N3O6S2/c1-25-16(20)14-10-13(27(18,23)24)6-7-15(14)19-9-8-11-2-4-12(5-3-11)26(17,21)22/h2-7,10,19H,8-9H2,1H3,(H2,17,21,22)(H2,18,23,24). The predicted octanol–water partition coefficient (Wildman–Crippen LogP) is 0.423. The van der Waals surface area contributed by atoms with Crippen molar-refractivity contribution in [3.8, 4) is 0 Å². The van der Waals surface area contributed by atoms with E-state index in [1.807, 2.05) is 0 Å². The van der Waals surface area contributed by atoms with Crippen LogP contribution in [0.4, 0.5) is 5.69 Å². The number of esters is 1. The van der Waals surface area contributed by atoms with Crippen molar-refractivity contribution in [2.24, 2.45) is 10.3 Å². The Morgan fingerprint density at radius 1 is 0.963 bits per heavy atom. The summed E-state index contributed by atoms with van der Waals surface area (Å²) in [5.74, 6) is -0.708. The van der Waals surface area contributed by atoms with Crippen molar-refractivity contribution in [3.63, 3.8) is 0 Å². The minimum absolute atomic E-state index is 0.0192. The first kappa shape index (κ1) is 20.8. The van der Waals surface area contributed by atoms with E-state index in [0.717, 1.165) is 11.6 Å². The fraction of sp³-hybridized carbons (Fsp3) is 0.188. The fourth-order valence-electron chi connectivity index (χ4n) is 2.32. The van der Waals surface area contributed by atoms with Crippen LogP contribution in [0, 0.1) is 0 Å². The molecule has 0 aromatic heterocycles. The first-order valence-electron chi connectivity index (χ1n) is 7.63. The van der Waals surface area contributed by atoms with Crippen LogP contribution in [0.15, 0.2) is 52.3 Å². The summed E-state index contributed by atoms with van der Waals surface area (Å²) in [5, 5.41) is 13.2. The summed E-state index contributed by atoms with van der Waals surface area (Å²) < 4.78 is 50.1. The van der Waals surface area contributed by atoms with Crippen molar-refractivity contribution in [1.29, 1.82) is 0 Å². The van der Waals surface area contributed by atoms with E-state index in [1.165, 1.54) is 31.4 Å². The average Bonchev–Trinajstić information content (AvgIpc) is 2.60. The van der Waals surface area contributed by atoms with E-state index < -0.39 is 26.0 Å². The molecular formula is C16H19N3O6S2. The Kier molecular flexibility index (Phi) is 6.21. The van der Waals surface area contributed by atoms with Gasteiger partial charge in [-0.1, -0.05) is 12.1 Å². The molecule has 0 heterocycles. The number of anilines is 1. The number of primary sulfonamides is 2. The average molecular weight is 413 g/mol. The lowest BCUT2D eigenvalue weighted by atomic mass is 10.1. The van der Waals surface area contributed by atoms with Gasteiger partial charge >= 0.3 is 5.97 Å². The first-order chi connectivity index (χ1) is 12.5. The van der Waals surface area contributed by atoms with Gasteiger partial charge in [0.2, 0.25) is 20.0 Å². The van der Waals surface area contributed by atoms with Gasteiger partial charge in [-0.15, -0.1) is 0 Å². The van der Waals surface area contributed by atoms with Crippen LogP contribution in [0.1, 0.15) is 15.9 Å². The smallest absolute Gasteiger partial charge is 0.340 e. The molecule has 2 aromatic carbocycles. The SMILES string of the molecule is COC(=O)c1cc(S(N)(=O)=O)ccc1NCCc1ccc(S(N)(=O)=O)cc1. The molecule has 0 unspecified atom stereocenters. The van der Waals surface area contributed by atoms with Crippen LogP contribution in [0.2, 0.25) is 0 Å². The highest BCUT2D eigenvalue weighted by atomic mass is 32.2. The van der Waals surface area contributed by atoms with Crippen LogP contribution in [-0.4, -0.2) is 36.5 Å². The van der Waals surface area contributed by atoms with Crippen LogP contribution in [-0.2, 0) is 31.2 Å². The van der Waals surface area contributed by atoms with Gasteiger partial charge in [-0.2, -0.15) is 0 Å². The van der Waals surface area contributed by atoms with Gasteiger partial charge in [0.05, 0.1) is 22.5 Å². The molecule has 9 nitrogen and oxygen atoms in total. The van der Waals surface area contributed by atoms with Crippen molar-refractivity contribution in [2.75, 3.05) is 19.0 Å². The van der Waals surface area contributed by atoms with Gasteiger partial charge in [0.1, 0.15) is 0 Å². The molecule has 27 heavy (non-hydrogen) atoms. The van der Waals surface area contributed by atoms with E-state index >= 15 is 0 Å². The second kappa shape index (κ2) is 8.05. The first-order valence-corrected chi connectivity index (χ1v) is 10.7. The van der Waals surface area contributed by atoms with Gasteiger partial charge in [-0.3, -0.25) is 0 Å². The molecule has 146 valence electrons. The monoisotopic (exact) mass is 413 g/mol. The number of methoxy groups -OCH3 is 1. The number of sulfonamides is 2. The summed E-state index contributed by atoms with van der Waals surface area (Å²) >= 11 is 0. The maximum Gasteiger partial charge on any atom is 0.340 e. The van der Waals surface area contributed by atoms with E-state index in [9.17, 15) is 21.6 Å². The Morgan fingerprint density at radius 2 is 1.52 bits per heavy atom. The number of nitrogens with two attached hydrogens (primary N) is 2. The Balaban J connectivity index is 2.14. The largest absolute Gasteiger partial charge is 0.465 e. The molecule has 0 fully saturated rings. The Bertz CT molecular complexity index is 1050. The summed E-state index contributed by atoms with van der Waals surface area (Å²) in [7, 11) is -6.52. The van der Waals surface area contributed by atoms with Crippen molar-refractivity contribution >= 4 is 31.7 Å². The summed E-state index contributed by atoms with van der Waals surface area (Å²) in [6.45, 7) is 0.396. The van der Waals surface area contributed by atoms with Crippen LogP contribution >= 0.6 is 0 Å². The molecule has 0 atom stereocenters. The topological polar surface area (TPSA) is 159 Å². The van der Waals surface area contributed by atoms with Gasteiger partial charge in [0.25, 0.3) is 0 Å². The normalized spacial score (nSPS) is 11.8. The summed E-state index contributed by atoms with van der Waals surface area (Å²) in [4.78, 5) is 11.7. The number of carbonyl (C=O) groups is 1. The predicted molar refractivity (Wildman–Crippen MR) is 99.2 cm³/mol. The molecule has 5 N–H and O–H groups in total. The van der Waals surface area contributed by atoms with Crippen molar-refractivity contribution in [3.05, 3.63) is 53.6 Å². The number of hydrogen-bond acceptors (Lipinski definition) is 7. The third kappa shape index (κ3) is 5.50. The Hall–Kier alpha value is -2.47. The highest BCUT2D eigenvalue weighted by Crippen LogP contribution is 2.21. The quantitative estimate of drug-likeness (QED) is 0.555. The van der Waals surface area contributed by atoms with Crippen LogP contribution in [0.3, 0.4) is 0 Å². The van der Waals surface area contributed by atoms with E-state index in [4.69, 9.17) is 10.3 Å². The third-order valence-electron chi connectivity index (χ3n) is 3.71. The van der Waals surface area contributed by atoms with Crippen molar-refractivity contribution in [1.82, 2.24) is 0 Å². The Morgan fingerprint density at radius 3 is 2.04 bits per heavy atom. The summed E-state index contributed by atoms with van der Waals surface area (Å²) in [6, 6.07) is 9.93. The summed E-state index contributed by atoms with van der Waals surface area (Å²) in [5.41, 5.74) is 1.26.